The minimum Gasteiger partial charge on any atom is -0.366 e. The molecule has 0 aliphatic rings. The van der Waals surface area contributed by atoms with Gasteiger partial charge in [0.05, 0.1) is 0 Å². The standard InChI is InChI=1S/C14H23N3O/c1-3-17(4-2)13(10-15)9-11-5-7-12(8-6-11)14(16)18/h5-8,13H,3-4,9-10,15H2,1-2H3,(H2,16,18)/t13-/m0/s1. The molecule has 0 radical (unpaired) electrons. The number of hydrogen-bond donors (Lipinski definition) is 2. The van der Waals surface area contributed by atoms with Crippen LogP contribution in [0.5, 0.6) is 0 Å². The van der Waals surface area contributed by atoms with E-state index in [1.54, 1.807) is 12.1 Å². The average Bonchev–Trinajstić information content (AvgIpc) is 2.39. The molecule has 1 aromatic carbocycles. The summed E-state index contributed by atoms with van der Waals surface area (Å²) >= 11 is 0. The molecule has 0 heterocycles. The first-order valence-electron chi connectivity index (χ1n) is 6.45. The first-order chi connectivity index (χ1) is 8.62. The number of nitrogens with two attached hydrogens (primary N) is 2. The van der Waals surface area contributed by atoms with Crippen molar-refractivity contribution in [3.8, 4) is 0 Å². The monoisotopic (exact) mass is 249 g/mol. The zero-order chi connectivity index (χ0) is 13.5. The molecule has 0 fully saturated rings. The Bertz CT molecular complexity index is 371. The third-order valence-corrected chi connectivity index (χ3v) is 3.31. The van der Waals surface area contributed by atoms with Crippen LogP contribution in [0, 0.1) is 0 Å². The highest BCUT2D eigenvalue weighted by Crippen LogP contribution is 2.10. The van der Waals surface area contributed by atoms with Crippen molar-refractivity contribution in [3.05, 3.63) is 35.4 Å². The van der Waals surface area contributed by atoms with Crippen molar-refractivity contribution in [1.82, 2.24) is 4.90 Å². The molecular formula is C14H23N3O. The SMILES string of the molecule is CCN(CC)[C@H](CN)Cc1ccc(C(N)=O)cc1. The molecule has 0 aliphatic carbocycles. The van der Waals surface area contributed by atoms with E-state index in [2.05, 4.69) is 18.7 Å². The van der Waals surface area contributed by atoms with Crippen LogP contribution in [0.15, 0.2) is 24.3 Å². The molecule has 4 N–H and O–H groups in total. The quantitative estimate of drug-likeness (QED) is 0.757. The van der Waals surface area contributed by atoms with Crippen molar-refractivity contribution in [3.63, 3.8) is 0 Å². The summed E-state index contributed by atoms with van der Waals surface area (Å²) in [5, 5.41) is 0. The Morgan fingerprint density at radius 2 is 1.78 bits per heavy atom. The molecule has 0 unspecified atom stereocenters. The Labute approximate surface area is 109 Å². The van der Waals surface area contributed by atoms with Crippen LogP contribution in [0.2, 0.25) is 0 Å². The van der Waals surface area contributed by atoms with Crippen LogP contribution in [0.25, 0.3) is 0 Å². The van der Waals surface area contributed by atoms with E-state index in [0.717, 1.165) is 19.5 Å². The maximum Gasteiger partial charge on any atom is 0.248 e. The molecule has 18 heavy (non-hydrogen) atoms. The van der Waals surface area contributed by atoms with Gasteiger partial charge in [-0.15, -0.1) is 0 Å². The molecule has 0 aromatic heterocycles. The predicted molar refractivity (Wildman–Crippen MR) is 74.4 cm³/mol. The van der Waals surface area contributed by atoms with Crippen LogP contribution >= 0.6 is 0 Å². The normalized spacial score (nSPS) is 12.7. The first kappa shape index (κ1) is 14.7. The van der Waals surface area contributed by atoms with Crippen molar-refractivity contribution < 1.29 is 4.79 Å². The Morgan fingerprint density at radius 1 is 1.22 bits per heavy atom. The smallest absolute Gasteiger partial charge is 0.248 e. The summed E-state index contributed by atoms with van der Waals surface area (Å²) in [5.41, 5.74) is 12.8. The summed E-state index contributed by atoms with van der Waals surface area (Å²) in [7, 11) is 0. The lowest BCUT2D eigenvalue weighted by molar-refractivity contribution is 0.100. The number of carbonyl (C=O) groups excluding carboxylic acids is 1. The van der Waals surface area contributed by atoms with Crippen LogP contribution in [-0.2, 0) is 6.42 Å². The maximum atomic E-state index is 11.0. The number of likely N-dealkylation sites (N-methyl/N-ethyl adjacent to an activating group) is 1. The molecule has 4 nitrogen and oxygen atoms in total. The van der Waals surface area contributed by atoms with E-state index in [-0.39, 0.29) is 5.91 Å². The summed E-state index contributed by atoms with van der Waals surface area (Å²) in [6.45, 7) is 6.92. The largest absolute Gasteiger partial charge is 0.366 e. The summed E-state index contributed by atoms with van der Waals surface area (Å²) in [4.78, 5) is 13.3. The molecule has 1 amide bonds. The number of nitrogens with zero attached hydrogens (tertiary/aromatic N) is 1. The lowest BCUT2D eigenvalue weighted by atomic mass is 10.0. The molecule has 0 aliphatic heterocycles. The van der Waals surface area contributed by atoms with Gasteiger partial charge in [0, 0.05) is 18.2 Å². The summed E-state index contributed by atoms with van der Waals surface area (Å²) < 4.78 is 0. The van der Waals surface area contributed by atoms with E-state index in [1.807, 2.05) is 12.1 Å². The van der Waals surface area contributed by atoms with E-state index in [1.165, 1.54) is 5.56 Å². The predicted octanol–water partition coefficient (Wildman–Crippen LogP) is 0.997. The minimum atomic E-state index is -0.388. The fourth-order valence-corrected chi connectivity index (χ4v) is 2.18. The third kappa shape index (κ3) is 3.82. The Morgan fingerprint density at radius 3 is 2.17 bits per heavy atom. The van der Waals surface area contributed by atoms with E-state index in [0.29, 0.717) is 18.2 Å². The number of hydrogen-bond acceptors (Lipinski definition) is 3. The van der Waals surface area contributed by atoms with Gasteiger partial charge >= 0.3 is 0 Å². The minimum absolute atomic E-state index is 0.347. The second-order valence-electron chi connectivity index (χ2n) is 4.38. The van der Waals surface area contributed by atoms with Crippen LogP contribution in [0.1, 0.15) is 29.8 Å². The van der Waals surface area contributed by atoms with E-state index in [9.17, 15) is 4.79 Å². The van der Waals surface area contributed by atoms with Gasteiger partial charge in [0.25, 0.3) is 0 Å². The Hall–Kier alpha value is -1.39. The van der Waals surface area contributed by atoms with Crippen molar-refractivity contribution in [1.29, 1.82) is 0 Å². The van der Waals surface area contributed by atoms with Gasteiger partial charge in [0.15, 0.2) is 0 Å². The molecular weight excluding hydrogens is 226 g/mol. The van der Waals surface area contributed by atoms with E-state index < -0.39 is 0 Å². The second-order valence-corrected chi connectivity index (χ2v) is 4.38. The van der Waals surface area contributed by atoms with Crippen LogP contribution in [0.4, 0.5) is 0 Å². The van der Waals surface area contributed by atoms with Gasteiger partial charge in [-0.25, -0.2) is 0 Å². The first-order valence-corrected chi connectivity index (χ1v) is 6.45. The molecule has 100 valence electrons. The van der Waals surface area contributed by atoms with Crippen molar-refractivity contribution in [2.75, 3.05) is 19.6 Å². The highest BCUT2D eigenvalue weighted by Gasteiger charge is 2.14. The van der Waals surface area contributed by atoms with Gasteiger partial charge in [-0.1, -0.05) is 26.0 Å². The van der Waals surface area contributed by atoms with Crippen LogP contribution < -0.4 is 11.5 Å². The van der Waals surface area contributed by atoms with Gasteiger partial charge < -0.3 is 11.5 Å². The molecule has 0 spiro atoms. The number of benzene rings is 1. The van der Waals surface area contributed by atoms with Crippen LogP contribution in [0.3, 0.4) is 0 Å². The maximum absolute atomic E-state index is 11.0. The molecule has 0 saturated carbocycles. The number of rotatable bonds is 7. The second kappa shape index (κ2) is 7.13. The van der Waals surface area contributed by atoms with Gasteiger partial charge in [-0.05, 0) is 37.2 Å². The third-order valence-electron chi connectivity index (χ3n) is 3.31. The average molecular weight is 249 g/mol. The number of carbonyl (C=O) groups is 1. The fourth-order valence-electron chi connectivity index (χ4n) is 2.18. The zero-order valence-corrected chi connectivity index (χ0v) is 11.2. The van der Waals surface area contributed by atoms with Crippen molar-refractivity contribution in [2.24, 2.45) is 11.5 Å². The molecule has 1 aromatic rings. The number of primary amides is 1. The highest BCUT2D eigenvalue weighted by atomic mass is 16.1. The fraction of sp³-hybridized carbons (Fsp3) is 0.500. The molecule has 0 saturated heterocycles. The van der Waals surface area contributed by atoms with Crippen LogP contribution in [-0.4, -0.2) is 36.5 Å². The lowest BCUT2D eigenvalue weighted by Crippen LogP contribution is -2.41. The molecule has 4 heteroatoms. The van der Waals surface area contributed by atoms with E-state index in [4.69, 9.17) is 11.5 Å². The van der Waals surface area contributed by atoms with Gasteiger partial charge in [0.1, 0.15) is 0 Å². The molecule has 0 bridgehead atoms. The Balaban J connectivity index is 2.72. The van der Waals surface area contributed by atoms with Crippen molar-refractivity contribution >= 4 is 5.91 Å². The lowest BCUT2D eigenvalue weighted by Gasteiger charge is -2.28. The summed E-state index contributed by atoms with van der Waals surface area (Å²) in [5.74, 6) is -0.388. The summed E-state index contributed by atoms with van der Waals surface area (Å²) in [6, 6.07) is 7.79. The highest BCUT2D eigenvalue weighted by molar-refractivity contribution is 5.92. The topological polar surface area (TPSA) is 72.3 Å². The summed E-state index contributed by atoms with van der Waals surface area (Å²) in [6.07, 6.45) is 0.900. The molecule has 1 rings (SSSR count). The van der Waals surface area contributed by atoms with Gasteiger partial charge in [-0.2, -0.15) is 0 Å². The molecule has 1 atom stereocenters. The zero-order valence-electron chi connectivity index (χ0n) is 11.2. The van der Waals surface area contributed by atoms with Crippen molar-refractivity contribution in [2.45, 2.75) is 26.3 Å². The van der Waals surface area contributed by atoms with Gasteiger partial charge in [0.2, 0.25) is 5.91 Å². The number of amides is 1. The Kier molecular flexibility index (Phi) is 5.82. The van der Waals surface area contributed by atoms with Gasteiger partial charge in [-0.3, -0.25) is 9.69 Å². The van der Waals surface area contributed by atoms with E-state index >= 15 is 0 Å².